The molecule has 5 heteroatoms. The minimum atomic E-state index is -0.246. The monoisotopic (exact) mass is 229 g/mol. The Morgan fingerprint density at radius 2 is 2.25 bits per heavy atom. The molecule has 0 fully saturated rings. The summed E-state index contributed by atoms with van der Waals surface area (Å²) in [6.45, 7) is 3.64. The molecule has 1 aromatic heterocycles. The predicted octanol–water partition coefficient (Wildman–Crippen LogP) is 2.10. The summed E-state index contributed by atoms with van der Waals surface area (Å²) >= 11 is 1.31. The first-order valence-electron chi connectivity index (χ1n) is 4.67. The molecule has 0 saturated heterocycles. The number of H-pyrrole nitrogens is 1. The standard InChI is InChI=1S/C11H7N3OS/c1-6-10(15)14-11(16-6)7-2-3-8-9(4-7)13-5-12-8/h2-5H,1H2,(H,12,13). The van der Waals surface area contributed by atoms with Crippen molar-refractivity contribution in [2.24, 2.45) is 4.99 Å². The summed E-state index contributed by atoms with van der Waals surface area (Å²) < 4.78 is 0. The van der Waals surface area contributed by atoms with Crippen LogP contribution in [0.4, 0.5) is 0 Å². The highest BCUT2D eigenvalue weighted by Crippen LogP contribution is 2.29. The van der Waals surface area contributed by atoms with E-state index < -0.39 is 0 Å². The van der Waals surface area contributed by atoms with Crippen LogP contribution in [0.3, 0.4) is 0 Å². The summed E-state index contributed by atoms with van der Waals surface area (Å²) in [5.74, 6) is -0.246. The highest BCUT2D eigenvalue weighted by molar-refractivity contribution is 8.19. The van der Waals surface area contributed by atoms with Gasteiger partial charge in [-0.3, -0.25) is 4.79 Å². The number of imidazole rings is 1. The van der Waals surface area contributed by atoms with Gasteiger partial charge in [0, 0.05) is 5.56 Å². The van der Waals surface area contributed by atoms with Crippen LogP contribution in [0.5, 0.6) is 0 Å². The molecular formula is C11H7N3OS. The van der Waals surface area contributed by atoms with Crippen molar-refractivity contribution in [3.8, 4) is 0 Å². The Hall–Kier alpha value is -1.88. The summed E-state index contributed by atoms with van der Waals surface area (Å²) in [7, 11) is 0. The first-order valence-corrected chi connectivity index (χ1v) is 5.49. The molecule has 1 aliphatic heterocycles. The van der Waals surface area contributed by atoms with Crippen LogP contribution in [0.15, 0.2) is 41.0 Å². The third-order valence-corrected chi connectivity index (χ3v) is 3.27. The Balaban J connectivity index is 2.10. The number of benzene rings is 1. The minimum absolute atomic E-state index is 0.246. The Morgan fingerprint density at radius 1 is 1.38 bits per heavy atom. The lowest BCUT2D eigenvalue weighted by Crippen LogP contribution is -1.91. The zero-order chi connectivity index (χ0) is 11.1. The van der Waals surface area contributed by atoms with Crippen LogP contribution in [0.1, 0.15) is 5.56 Å². The second kappa shape index (κ2) is 3.31. The van der Waals surface area contributed by atoms with Gasteiger partial charge in [0.25, 0.3) is 5.91 Å². The topological polar surface area (TPSA) is 58.1 Å². The Bertz CT molecular complexity index is 641. The van der Waals surface area contributed by atoms with Gasteiger partial charge < -0.3 is 4.98 Å². The number of fused-ring (bicyclic) bond motifs is 1. The predicted molar refractivity (Wildman–Crippen MR) is 64.4 cm³/mol. The number of nitrogens with one attached hydrogen (secondary N) is 1. The van der Waals surface area contributed by atoms with Gasteiger partial charge >= 0.3 is 0 Å². The van der Waals surface area contributed by atoms with Crippen LogP contribution in [0.25, 0.3) is 11.0 Å². The van der Waals surface area contributed by atoms with Crippen molar-refractivity contribution in [2.75, 3.05) is 0 Å². The zero-order valence-corrected chi connectivity index (χ0v) is 9.04. The molecule has 1 aliphatic rings. The van der Waals surface area contributed by atoms with Crippen LogP contribution in [0, 0.1) is 0 Å². The second-order valence-corrected chi connectivity index (χ2v) is 4.47. The van der Waals surface area contributed by atoms with Crippen LogP contribution < -0.4 is 0 Å². The number of aromatic amines is 1. The van der Waals surface area contributed by atoms with Gasteiger partial charge in [0.15, 0.2) is 0 Å². The first kappa shape index (κ1) is 9.35. The van der Waals surface area contributed by atoms with E-state index in [2.05, 4.69) is 21.5 Å². The van der Waals surface area contributed by atoms with Gasteiger partial charge in [0.05, 0.1) is 22.3 Å². The maximum Gasteiger partial charge on any atom is 0.284 e. The van der Waals surface area contributed by atoms with E-state index in [4.69, 9.17) is 0 Å². The molecule has 0 bridgehead atoms. The van der Waals surface area contributed by atoms with Gasteiger partial charge in [-0.25, -0.2) is 9.98 Å². The van der Waals surface area contributed by atoms with Gasteiger partial charge in [-0.1, -0.05) is 18.3 Å². The lowest BCUT2D eigenvalue weighted by atomic mass is 10.2. The van der Waals surface area contributed by atoms with Crippen molar-refractivity contribution >= 4 is 33.7 Å². The number of hydrogen-bond acceptors (Lipinski definition) is 3. The number of amides is 1. The molecule has 0 unspecified atom stereocenters. The zero-order valence-electron chi connectivity index (χ0n) is 8.23. The van der Waals surface area contributed by atoms with E-state index in [0.717, 1.165) is 16.6 Å². The number of hydrogen-bond donors (Lipinski definition) is 1. The molecule has 0 radical (unpaired) electrons. The van der Waals surface area contributed by atoms with Gasteiger partial charge in [0.1, 0.15) is 5.04 Å². The maximum atomic E-state index is 11.2. The Labute approximate surface area is 95.5 Å². The molecule has 1 N–H and O–H groups in total. The van der Waals surface area contributed by atoms with Gasteiger partial charge in [-0.05, 0) is 18.2 Å². The van der Waals surface area contributed by atoms with Crippen molar-refractivity contribution in [1.82, 2.24) is 9.97 Å². The first-order chi connectivity index (χ1) is 7.74. The van der Waals surface area contributed by atoms with E-state index in [1.165, 1.54) is 11.8 Å². The molecule has 1 amide bonds. The minimum Gasteiger partial charge on any atom is -0.345 e. The SMILES string of the molecule is C=C1SC(c2ccc3nc[nH]c3c2)=NC1=O. The maximum absolute atomic E-state index is 11.2. The average Bonchev–Trinajstić information content (AvgIpc) is 2.85. The molecule has 3 rings (SSSR count). The van der Waals surface area contributed by atoms with Crippen LogP contribution >= 0.6 is 11.8 Å². The van der Waals surface area contributed by atoms with E-state index in [0.29, 0.717) is 9.95 Å². The number of rotatable bonds is 1. The van der Waals surface area contributed by atoms with E-state index >= 15 is 0 Å². The van der Waals surface area contributed by atoms with Crippen LogP contribution in [0.2, 0.25) is 0 Å². The van der Waals surface area contributed by atoms with E-state index in [9.17, 15) is 4.79 Å². The summed E-state index contributed by atoms with van der Waals surface area (Å²) in [6, 6.07) is 5.73. The van der Waals surface area contributed by atoms with Crippen molar-refractivity contribution in [3.63, 3.8) is 0 Å². The highest BCUT2D eigenvalue weighted by Gasteiger charge is 2.21. The third-order valence-electron chi connectivity index (χ3n) is 2.33. The summed E-state index contributed by atoms with van der Waals surface area (Å²) in [5.41, 5.74) is 2.75. The van der Waals surface area contributed by atoms with Crippen molar-refractivity contribution in [2.45, 2.75) is 0 Å². The third kappa shape index (κ3) is 1.37. The molecule has 4 nitrogen and oxygen atoms in total. The molecule has 0 atom stereocenters. The van der Waals surface area contributed by atoms with E-state index in [1.807, 2.05) is 18.2 Å². The second-order valence-electron chi connectivity index (χ2n) is 3.38. The van der Waals surface area contributed by atoms with E-state index in [-0.39, 0.29) is 5.91 Å². The number of nitrogens with zero attached hydrogens (tertiary/aromatic N) is 2. The summed E-state index contributed by atoms with van der Waals surface area (Å²) in [6.07, 6.45) is 1.64. The molecule has 0 aliphatic carbocycles. The van der Waals surface area contributed by atoms with E-state index in [1.54, 1.807) is 6.33 Å². The molecule has 0 saturated carbocycles. The fourth-order valence-electron chi connectivity index (χ4n) is 1.53. The number of aromatic nitrogens is 2. The van der Waals surface area contributed by atoms with Gasteiger partial charge in [-0.2, -0.15) is 0 Å². The highest BCUT2D eigenvalue weighted by atomic mass is 32.2. The van der Waals surface area contributed by atoms with Gasteiger partial charge in [-0.15, -0.1) is 0 Å². The fourth-order valence-corrected chi connectivity index (χ4v) is 2.27. The molecule has 0 spiro atoms. The van der Waals surface area contributed by atoms with Crippen LogP contribution in [-0.4, -0.2) is 20.9 Å². The smallest absolute Gasteiger partial charge is 0.284 e. The lowest BCUT2D eigenvalue weighted by molar-refractivity contribution is -0.113. The Morgan fingerprint density at radius 3 is 3.00 bits per heavy atom. The van der Waals surface area contributed by atoms with Gasteiger partial charge in [0.2, 0.25) is 0 Å². The van der Waals surface area contributed by atoms with Crippen LogP contribution in [-0.2, 0) is 4.79 Å². The summed E-state index contributed by atoms with van der Waals surface area (Å²) in [5, 5.41) is 0.700. The quantitative estimate of drug-likeness (QED) is 0.762. The molecule has 2 aromatic rings. The van der Waals surface area contributed by atoms with Crippen molar-refractivity contribution < 1.29 is 4.79 Å². The number of carbonyl (C=O) groups excluding carboxylic acids is 1. The van der Waals surface area contributed by atoms with Crippen molar-refractivity contribution in [3.05, 3.63) is 41.6 Å². The molecule has 16 heavy (non-hydrogen) atoms. The number of thioether (sulfide) groups is 1. The largest absolute Gasteiger partial charge is 0.345 e. The molecule has 1 aromatic carbocycles. The number of aliphatic imine (C=N–C) groups is 1. The average molecular weight is 229 g/mol. The normalized spacial score (nSPS) is 15.9. The van der Waals surface area contributed by atoms with Crippen molar-refractivity contribution in [1.29, 1.82) is 0 Å². The number of carbonyl (C=O) groups is 1. The lowest BCUT2D eigenvalue weighted by Gasteiger charge is -1.98. The Kier molecular flexibility index (Phi) is 1.94. The summed E-state index contributed by atoms with van der Waals surface area (Å²) in [4.78, 5) is 22.8. The fraction of sp³-hybridized carbons (Fsp3) is 0. The molecule has 78 valence electrons. The molecular weight excluding hydrogens is 222 g/mol. The molecule has 2 heterocycles.